The second kappa shape index (κ2) is 13.0. The van der Waals surface area contributed by atoms with Gasteiger partial charge >= 0.3 is 5.97 Å². The van der Waals surface area contributed by atoms with Crippen LogP contribution >= 0.6 is 0 Å². The largest absolute Gasteiger partial charge is 0.469 e. The van der Waals surface area contributed by atoms with Gasteiger partial charge in [-0.2, -0.15) is 0 Å². The smallest absolute Gasteiger partial charge is 0.307 e. The number of esters is 1. The van der Waals surface area contributed by atoms with Gasteiger partial charge in [-0.1, -0.05) is 0 Å². The molecule has 0 aromatic rings. The molecule has 0 atom stereocenters. The Morgan fingerprint density at radius 1 is 1.33 bits per heavy atom. The van der Waals surface area contributed by atoms with Crippen molar-refractivity contribution in [1.82, 2.24) is 0 Å². The molecule has 0 bridgehead atoms. The summed E-state index contributed by atoms with van der Waals surface area (Å²) in [6, 6.07) is 0. The van der Waals surface area contributed by atoms with E-state index in [4.69, 9.17) is 10.5 Å². The van der Waals surface area contributed by atoms with Crippen LogP contribution in [0.15, 0.2) is 0 Å². The lowest BCUT2D eigenvalue weighted by Crippen LogP contribution is -2.11. The summed E-state index contributed by atoms with van der Waals surface area (Å²) in [6.07, 6.45) is 0.302. The van der Waals surface area contributed by atoms with Gasteiger partial charge in [0.1, 0.15) is 0 Å². The van der Waals surface area contributed by atoms with Crippen LogP contribution in [0, 0.1) is 0 Å². The van der Waals surface area contributed by atoms with Crippen molar-refractivity contribution in [2.75, 3.05) is 33.9 Å². The fourth-order valence-corrected chi connectivity index (χ4v) is 0.443. The van der Waals surface area contributed by atoms with Gasteiger partial charge in [-0.05, 0) is 7.05 Å². The highest BCUT2D eigenvalue weighted by Gasteiger charge is 1.97. The van der Waals surface area contributed by atoms with Crippen LogP contribution in [-0.2, 0) is 14.3 Å². The number of nitrogens with two attached hydrogens (primary N) is 2. The molecule has 5 nitrogen and oxygen atoms in total. The Morgan fingerprint density at radius 2 is 1.92 bits per heavy atom. The van der Waals surface area contributed by atoms with Crippen LogP contribution in [0.1, 0.15) is 6.42 Å². The minimum absolute atomic E-state index is 0.253. The Kier molecular flexibility index (Phi) is 15.0. The molecule has 0 aliphatic carbocycles. The van der Waals surface area contributed by atoms with Crippen molar-refractivity contribution in [3.05, 3.63) is 0 Å². The minimum Gasteiger partial charge on any atom is -0.469 e. The highest BCUT2D eigenvalue weighted by atomic mass is 16.5. The number of hydrogen-bond donors (Lipinski definition) is 2. The Bertz CT molecular complexity index is 98.7. The van der Waals surface area contributed by atoms with Crippen LogP contribution in [0.5, 0.6) is 0 Å². The van der Waals surface area contributed by atoms with Gasteiger partial charge in [0.05, 0.1) is 26.7 Å². The van der Waals surface area contributed by atoms with Crippen LogP contribution in [0.3, 0.4) is 0 Å². The molecule has 0 rings (SSSR count). The Morgan fingerprint density at radius 3 is 2.33 bits per heavy atom. The molecule has 0 saturated heterocycles. The second-order valence-electron chi connectivity index (χ2n) is 1.73. The van der Waals surface area contributed by atoms with Crippen LogP contribution in [0.4, 0.5) is 0 Å². The number of carbonyl (C=O) groups is 1. The van der Waals surface area contributed by atoms with Gasteiger partial charge in [0.2, 0.25) is 0 Å². The fourth-order valence-electron chi connectivity index (χ4n) is 0.443. The van der Waals surface area contributed by atoms with E-state index in [0.29, 0.717) is 26.2 Å². The SMILES string of the molecule is CN.COC(=O)CCOCCN. The predicted molar refractivity (Wildman–Crippen MR) is 46.6 cm³/mol. The van der Waals surface area contributed by atoms with Gasteiger partial charge in [0, 0.05) is 6.54 Å². The predicted octanol–water partition coefficient (Wildman–Crippen LogP) is -0.900. The third-order valence-corrected chi connectivity index (χ3v) is 0.940. The summed E-state index contributed by atoms with van der Waals surface area (Å²) in [6.45, 7) is 1.38. The first-order valence-corrected chi connectivity index (χ1v) is 3.73. The van der Waals surface area contributed by atoms with E-state index in [2.05, 4.69) is 10.5 Å². The number of rotatable bonds is 5. The van der Waals surface area contributed by atoms with Crippen LogP contribution in [0.2, 0.25) is 0 Å². The van der Waals surface area contributed by atoms with Crippen molar-refractivity contribution in [3.63, 3.8) is 0 Å². The molecule has 0 radical (unpaired) electrons. The first kappa shape index (κ1) is 13.9. The standard InChI is InChI=1S/C6H13NO3.CH5N/c1-9-6(8)2-4-10-5-3-7;1-2/h2-5,7H2,1H3;2H2,1H3. The van der Waals surface area contributed by atoms with Crippen LogP contribution < -0.4 is 11.5 Å². The molecule has 74 valence electrons. The summed E-state index contributed by atoms with van der Waals surface area (Å²) >= 11 is 0. The van der Waals surface area contributed by atoms with Crippen molar-refractivity contribution >= 4 is 5.97 Å². The van der Waals surface area contributed by atoms with Crippen LogP contribution in [0.25, 0.3) is 0 Å². The molecule has 0 unspecified atom stereocenters. The number of carbonyl (C=O) groups excluding carboxylic acids is 1. The molecule has 4 N–H and O–H groups in total. The average Bonchev–Trinajstić information content (AvgIpc) is 2.15. The van der Waals surface area contributed by atoms with E-state index >= 15 is 0 Å². The molecule has 5 heteroatoms. The third-order valence-electron chi connectivity index (χ3n) is 0.940. The molecule has 12 heavy (non-hydrogen) atoms. The molecular weight excluding hydrogens is 160 g/mol. The first-order chi connectivity index (χ1) is 5.81. The maximum absolute atomic E-state index is 10.4. The lowest BCUT2D eigenvalue weighted by atomic mass is 10.5. The fraction of sp³-hybridized carbons (Fsp3) is 0.857. The van der Waals surface area contributed by atoms with Gasteiger partial charge in [-0.15, -0.1) is 0 Å². The normalized spacial score (nSPS) is 8.33. The van der Waals surface area contributed by atoms with Gasteiger partial charge in [0.15, 0.2) is 0 Å². The average molecular weight is 178 g/mol. The Labute approximate surface area is 73.0 Å². The number of hydrogen-bond acceptors (Lipinski definition) is 5. The lowest BCUT2D eigenvalue weighted by molar-refractivity contribution is -0.141. The van der Waals surface area contributed by atoms with Gasteiger partial charge in [-0.3, -0.25) is 4.79 Å². The highest BCUT2D eigenvalue weighted by molar-refractivity contribution is 5.69. The molecule has 0 saturated carbocycles. The molecule has 0 spiro atoms. The topological polar surface area (TPSA) is 87.6 Å². The molecule has 0 aliphatic rings. The molecule has 0 heterocycles. The van der Waals surface area contributed by atoms with E-state index in [1.807, 2.05) is 0 Å². The zero-order valence-electron chi connectivity index (χ0n) is 7.71. The summed E-state index contributed by atoms with van der Waals surface area (Å²) in [5.74, 6) is -0.253. The molecular formula is C7H18N2O3. The Hall–Kier alpha value is -0.650. The first-order valence-electron chi connectivity index (χ1n) is 3.73. The van der Waals surface area contributed by atoms with Gasteiger partial charge in [0.25, 0.3) is 0 Å². The molecule has 0 fully saturated rings. The van der Waals surface area contributed by atoms with Gasteiger partial charge in [-0.25, -0.2) is 0 Å². The molecule has 0 aliphatic heterocycles. The molecule has 0 aromatic carbocycles. The zero-order chi connectivity index (χ0) is 9.82. The summed E-state index contributed by atoms with van der Waals surface area (Å²) in [7, 11) is 2.85. The summed E-state index contributed by atoms with van der Waals surface area (Å²) in [5.41, 5.74) is 9.64. The zero-order valence-corrected chi connectivity index (χ0v) is 7.71. The maximum Gasteiger partial charge on any atom is 0.307 e. The highest BCUT2D eigenvalue weighted by Crippen LogP contribution is 1.84. The van der Waals surface area contributed by atoms with Crippen LogP contribution in [-0.4, -0.2) is 39.9 Å². The summed E-state index contributed by atoms with van der Waals surface area (Å²) < 4.78 is 9.31. The summed E-state index contributed by atoms with van der Waals surface area (Å²) in [5, 5.41) is 0. The van der Waals surface area contributed by atoms with Crippen molar-refractivity contribution in [1.29, 1.82) is 0 Å². The maximum atomic E-state index is 10.4. The Balaban J connectivity index is 0. The van der Waals surface area contributed by atoms with E-state index < -0.39 is 0 Å². The van der Waals surface area contributed by atoms with Crippen molar-refractivity contribution in [2.24, 2.45) is 11.5 Å². The second-order valence-corrected chi connectivity index (χ2v) is 1.73. The quantitative estimate of drug-likeness (QED) is 0.421. The van der Waals surface area contributed by atoms with Gasteiger partial charge < -0.3 is 20.9 Å². The number of ether oxygens (including phenoxy) is 2. The minimum atomic E-state index is -0.253. The van der Waals surface area contributed by atoms with Crippen molar-refractivity contribution in [3.8, 4) is 0 Å². The number of methoxy groups -OCH3 is 1. The molecule has 0 aromatic heterocycles. The lowest BCUT2D eigenvalue weighted by Gasteiger charge is -1.99. The van der Waals surface area contributed by atoms with E-state index in [1.165, 1.54) is 14.2 Å². The monoisotopic (exact) mass is 178 g/mol. The van der Waals surface area contributed by atoms with Crippen molar-refractivity contribution < 1.29 is 14.3 Å². The van der Waals surface area contributed by atoms with Crippen molar-refractivity contribution in [2.45, 2.75) is 6.42 Å². The van der Waals surface area contributed by atoms with E-state index in [9.17, 15) is 4.79 Å². The summed E-state index contributed by atoms with van der Waals surface area (Å²) in [4.78, 5) is 10.4. The van der Waals surface area contributed by atoms with E-state index in [1.54, 1.807) is 0 Å². The van der Waals surface area contributed by atoms with E-state index in [-0.39, 0.29) is 5.97 Å². The molecule has 0 amide bonds. The third kappa shape index (κ3) is 12.1. The van der Waals surface area contributed by atoms with E-state index in [0.717, 1.165) is 0 Å².